The molecule has 0 saturated carbocycles. The van der Waals surface area contributed by atoms with Gasteiger partial charge in [-0.2, -0.15) is 0 Å². The lowest BCUT2D eigenvalue weighted by Gasteiger charge is -2.34. The zero-order valence-electron chi connectivity index (χ0n) is 17.1. The van der Waals surface area contributed by atoms with Gasteiger partial charge in [-0.15, -0.1) is 0 Å². The molecule has 7 heteroatoms. The van der Waals surface area contributed by atoms with Crippen LogP contribution in [0.1, 0.15) is 29.8 Å². The Labute approximate surface area is 166 Å². The Morgan fingerprint density at radius 1 is 1.36 bits per heavy atom. The van der Waals surface area contributed by atoms with Crippen molar-refractivity contribution in [1.82, 2.24) is 20.1 Å². The van der Waals surface area contributed by atoms with Crippen molar-refractivity contribution in [1.29, 1.82) is 0 Å². The van der Waals surface area contributed by atoms with Gasteiger partial charge in [0.15, 0.2) is 0 Å². The summed E-state index contributed by atoms with van der Waals surface area (Å²) in [4.78, 5) is 16.8. The van der Waals surface area contributed by atoms with E-state index in [1.54, 1.807) is 14.0 Å². The molecule has 1 aliphatic rings. The van der Waals surface area contributed by atoms with Gasteiger partial charge in [-0.05, 0) is 50.3 Å². The Bertz CT molecular complexity index is 777. The second-order valence-corrected chi connectivity index (χ2v) is 7.62. The molecule has 7 nitrogen and oxygen atoms in total. The lowest BCUT2D eigenvalue weighted by atomic mass is 9.97. The smallest absolute Gasteiger partial charge is 0.228 e. The largest absolute Gasteiger partial charge is 0.496 e. The van der Waals surface area contributed by atoms with E-state index in [-0.39, 0.29) is 12.3 Å². The molecule has 0 spiro atoms. The van der Waals surface area contributed by atoms with E-state index in [9.17, 15) is 4.79 Å². The van der Waals surface area contributed by atoms with Gasteiger partial charge in [0.2, 0.25) is 5.91 Å². The molecule has 1 aliphatic heterocycles. The van der Waals surface area contributed by atoms with Crippen molar-refractivity contribution in [2.45, 2.75) is 32.6 Å². The summed E-state index contributed by atoms with van der Waals surface area (Å²) >= 11 is 0. The summed E-state index contributed by atoms with van der Waals surface area (Å²) in [6.07, 6.45) is 3.55. The molecule has 0 unspecified atom stereocenters. The maximum atomic E-state index is 12.5. The second kappa shape index (κ2) is 9.68. The minimum atomic E-state index is 0.0601. The molecule has 0 radical (unpaired) electrons. The molecule has 1 saturated heterocycles. The van der Waals surface area contributed by atoms with Crippen molar-refractivity contribution in [2.24, 2.45) is 5.92 Å². The molecule has 1 aromatic carbocycles. The molecule has 3 rings (SSSR count). The number of carbonyl (C=O) groups excluding carboxylic acids is 1. The highest BCUT2D eigenvalue weighted by molar-refractivity contribution is 5.78. The number of benzene rings is 1. The number of methoxy groups -OCH3 is 1. The number of nitrogens with zero attached hydrogens (tertiary/aromatic N) is 4. The number of aryl methyl sites for hydroxylation is 1. The Kier molecular flexibility index (Phi) is 7.03. The third kappa shape index (κ3) is 5.32. The van der Waals surface area contributed by atoms with Crippen LogP contribution in [0.5, 0.6) is 5.75 Å². The van der Waals surface area contributed by atoms with Gasteiger partial charge in [-0.25, -0.2) is 4.63 Å². The van der Waals surface area contributed by atoms with Crippen LogP contribution in [-0.4, -0.2) is 66.4 Å². The predicted octanol–water partition coefficient (Wildman–Crippen LogP) is 2.34. The van der Waals surface area contributed by atoms with Crippen LogP contribution in [0, 0.1) is 12.8 Å². The van der Waals surface area contributed by atoms with E-state index in [2.05, 4.69) is 32.0 Å². The van der Waals surface area contributed by atoms with Crippen LogP contribution in [-0.2, 0) is 17.6 Å². The van der Waals surface area contributed by atoms with E-state index in [0.717, 1.165) is 44.8 Å². The minimum absolute atomic E-state index is 0.0601. The fourth-order valence-electron chi connectivity index (χ4n) is 3.87. The van der Waals surface area contributed by atoms with Crippen molar-refractivity contribution in [3.63, 3.8) is 0 Å². The highest BCUT2D eigenvalue weighted by Gasteiger charge is 2.23. The number of para-hydroxylation sites is 1. The zero-order valence-corrected chi connectivity index (χ0v) is 17.1. The molecule has 1 fully saturated rings. The van der Waals surface area contributed by atoms with Crippen molar-refractivity contribution in [2.75, 3.05) is 40.3 Å². The first-order valence-electron chi connectivity index (χ1n) is 9.93. The minimum Gasteiger partial charge on any atom is -0.496 e. The molecule has 28 heavy (non-hydrogen) atoms. The SMILES string of the molecule is COc1ccccc1CCN1CCC[C@H](CN(C)C(=O)Cc2nonc2C)C1. The molecular weight excluding hydrogens is 356 g/mol. The molecule has 1 aromatic heterocycles. The van der Waals surface area contributed by atoms with Crippen LogP contribution in [0.3, 0.4) is 0 Å². The number of hydrogen-bond donors (Lipinski definition) is 0. The van der Waals surface area contributed by atoms with Crippen molar-refractivity contribution < 1.29 is 14.2 Å². The molecule has 152 valence electrons. The lowest BCUT2D eigenvalue weighted by molar-refractivity contribution is -0.130. The monoisotopic (exact) mass is 386 g/mol. The van der Waals surface area contributed by atoms with E-state index < -0.39 is 0 Å². The van der Waals surface area contributed by atoms with Gasteiger partial charge < -0.3 is 14.5 Å². The first kappa shape index (κ1) is 20.3. The van der Waals surface area contributed by atoms with Crippen molar-refractivity contribution in [3.8, 4) is 5.75 Å². The number of likely N-dealkylation sites (N-methyl/N-ethyl adjacent to an activating group) is 1. The van der Waals surface area contributed by atoms with E-state index in [4.69, 9.17) is 4.74 Å². The number of aromatic nitrogens is 2. The number of piperidine rings is 1. The summed E-state index contributed by atoms with van der Waals surface area (Å²) < 4.78 is 10.1. The van der Waals surface area contributed by atoms with E-state index >= 15 is 0 Å². The average Bonchev–Trinajstić information content (AvgIpc) is 3.11. The molecule has 1 atom stereocenters. The lowest BCUT2D eigenvalue weighted by Crippen LogP contribution is -2.42. The Morgan fingerprint density at radius 2 is 2.18 bits per heavy atom. The fraction of sp³-hybridized carbons (Fsp3) is 0.571. The normalized spacial score (nSPS) is 17.5. The number of carbonyl (C=O) groups is 1. The van der Waals surface area contributed by atoms with Gasteiger partial charge >= 0.3 is 0 Å². The quantitative estimate of drug-likeness (QED) is 0.693. The number of likely N-dealkylation sites (tertiary alicyclic amines) is 1. The standard InChI is InChI=1S/C21H30N4O3/c1-16-19(23-28-22-16)13-21(26)24(2)14-17-7-6-11-25(15-17)12-10-18-8-4-5-9-20(18)27-3/h4-5,8-9,17H,6-7,10-15H2,1-3H3/t17-/m1/s1. The predicted molar refractivity (Wildman–Crippen MR) is 106 cm³/mol. The van der Waals surface area contributed by atoms with Crippen LogP contribution in [0.4, 0.5) is 0 Å². The van der Waals surface area contributed by atoms with Gasteiger partial charge in [0.1, 0.15) is 17.1 Å². The van der Waals surface area contributed by atoms with Crippen molar-refractivity contribution in [3.05, 3.63) is 41.2 Å². The summed E-state index contributed by atoms with van der Waals surface area (Å²) in [5, 5.41) is 7.55. The summed E-state index contributed by atoms with van der Waals surface area (Å²) in [5.41, 5.74) is 2.55. The first-order chi connectivity index (χ1) is 13.6. The van der Waals surface area contributed by atoms with Gasteiger partial charge in [0.25, 0.3) is 0 Å². The molecule has 0 N–H and O–H groups in total. The van der Waals surface area contributed by atoms with Crippen LogP contribution >= 0.6 is 0 Å². The Hall–Kier alpha value is -2.41. The summed E-state index contributed by atoms with van der Waals surface area (Å²) in [6.45, 7) is 5.73. The second-order valence-electron chi connectivity index (χ2n) is 7.62. The molecule has 2 heterocycles. The average molecular weight is 386 g/mol. The van der Waals surface area contributed by atoms with Crippen molar-refractivity contribution >= 4 is 5.91 Å². The Balaban J connectivity index is 1.47. The van der Waals surface area contributed by atoms with Crippen LogP contribution < -0.4 is 4.74 Å². The van der Waals surface area contributed by atoms with Crippen LogP contribution in [0.2, 0.25) is 0 Å². The number of ether oxygens (including phenoxy) is 1. The molecule has 1 amide bonds. The first-order valence-corrected chi connectivity index (χ1v) is 9.93. The van der Waals surface area contributed by atoms with Crippen LogP contribution in [0.25, 0.3) is 0 Å². The summed E-state index contributed by atoms with van der Waals surface area (Å²) in [6, 6.07) is 8.21. The topological polar surface area (TPSA) is 71.7 Å². The zero-order chi connectivity index (χ0) is 19.9. The highest BCUT2D eigenvalue weighted by Crippen LogP contribution is 2.21. The third-order valence-electron chi connectivity index (χ3n) is 5.52. The fourth-order valence-corrected chi connectivity index (χ4v) is 3.87. The summed E-state index contributed by atoms with van der Waals surface area (Å²) in [7, 11) is 3.60. The number of hydrogen-bond acceptors (Lipinski definition) is 6. The van der Waals surface area contributed by atoms with Gasteiger partial charge in [-0.1, -0.05) is 28.5 Å². The van der Waals surface area contributed by atoms with Gasteiger partial charge in [0.05, 0.1) is 13.5 Å². The molecule has 0 aliphatic carbocycles. The molecule has 0 bridgehead atoms. The van der Waals surface area contributed by atoms with Gasteiger partial charge in [0, 0.05) is 26.7 Å². The van der Waals surface area contributed by atoms with E-state index in [1.165, 1.54) is 12.0 Å². The third-order valence-corrected chi connectivity index (χ3v) is 5.52. The molecular formula is C21H30N4O3. The number of rotatable bonds is 8. The van der Waals surface area contributed by atoms with E-state index in [0.29, 0.717) is 17.3 Å². The van der Waals surface area contributed by atoms with Gasteiger partial charge in [-0.3, -0.25) is 4.79 Å². The maximum Gasteiger partial charge on any atom is 0.228 e. The number of amides is 1. The maximum absolute atomic E-state index is 12.5. The molecule has 2 aromatic rings. The summed E-state index contributed by atoms with van der Waals surface area (Å²) in [5.74, 6) is 1.51. The highest BCUT2D eigenvalue weighted by atomic mass is 16.6. The van der Waals surface area contributed by atoms with Crippen LogP contribution in [0.15, 0.2) is 28.9 Å². The van der Waals surface area contributed by atoms with E-state index in [1.807, 2.05) is 24.1 Å². The Morgan fingerprint density at radius 3 is 2.93 bits per heavy atom.